The molecule has 0 aliphatic carbocycles. The van der Waals surface area contributed by atoms with Crippen LogP contribution in [-0.2, 0) is 4.79 Å². The highest BCUT2D eigenvalue weighted by atomic mass is 35.5. The number of nitrogens with one attached hydrogen (secondary N) is 2. The van der Waals surface area contributed by atoms with Crippen LogP contribution in [0.2, 0.25) is 5.02 Å². The third-order valence-electron chi connectivity index (χ3n) is 3.63. The van der Waals surface area contributed by atoms with E-state index < -0.39 is 23.0 Å². The molecule has 20 heavy (non-hydrogen) atoms. The molecule has 0 radical (unpaired) electrons. The summed E-state index contributed by atoms with van der Waals surface area (Å²) in [5.74, 6) is -0.978. The van der Waals surface area contributed by atoms with E-state index in [0.29, 0.717) is 10.7 Å². The van der Waals surface area contributed by atoms with Gasteiger partial charge in [-0.1, -0.05) is 11.6 Å². The molecule has 0 aliphatic heterocycles. The first-order valence-corrected chi connectivity index (χ1v) is 6.52. The lowest BCUT2D eigenvalue weighted by Crippen LogP contribution is -2.57. The lowest BCUT2D eigenvalue weighted by Gasteiger charge is -2.38. The Hall–Kier alpha value is -1.75. The van der Waals surface area contributed by atoms with Gasteiger partial charge in [-0.15, -0.1) is 0 Å². The van der Waals surface area contributed by atoms with Gasteiger partial charge in [-0.2, -0.15) is 0 Å². The van der Waals surface area contributed by atoms with Gasteiger partial charge >= 0.3 is 12.0 Å². The van der Waals surface area contributed by atoms with Crippen molar-refractivity contribution < 1.29 is 14.7 Å². The number of hydrogen-bond acceptors (Lipinski definition) is 2. The van der Waals surface area contributed by atoms with Crippen LogP contribution in [-0.4, -0.2) is 22.6 Å². The van der Waals surface area contributed by atoms with E-state index in [1.165, 1.54) is 0 Å². The maximum Gasteiger partial charge on any atom is 0.319 e. The fourth-order valence-corrected chi connectivity index (χ4v) is 1.53. The van der Waals surface area contributed by atoms with Crippen molar-refractivity contribution in [1.82, 2.24) is 5.32 Å². The fourth-order valence-electron chi connectivity index (χ4n) is 1.40. The van der Waals surface area contributed by atoms with Gasteiger partial charge in [0.25, 0.3) is 0 Å². The minimum absolute atomic E-state index is 0.466. The van der Waals surface area contributed by atoms with E-state index in [-0.39, 0.29) is 0 Å². The van der Waals surface area contributed by atoms with Gasteiger partial charge in [-0.25, -0.2) is 4.79 Å². The van der Waals surface area contributed by atoms with Gasteiger partial charge in [0.2, 0.25) is 0 Å². The van der Waals surface area contributed by atoms with Crippen LogP contribution in [0, 0.1) is 5.41 Å². The van der Waals surface area contributed by atoms with Crippen LogP contribution >= 0.6 is 11.6 Å². The van der Waals surface area contributed by atoms with Crippen molar-refractivity contribution in [2.45, 2.75) is 33.2 Å². The molecule has 0 spiro atoms. The van der Waals surface area contributed by atoms with Gasteiger partial charge in [0.15, 0.2) is 0 Å². The summed E-state index contributed by atoms with van der Waals surface area (Å²) in [6.45, 7) is 6.47. The predicted octanol–water partition coefficient (Wildman–Crippen LogP) is 3.35. The Labute approximate surface area is 123 Å². The topological polar surface area (TPSA) is 78.4 Å². The van der Waals surface area contributed by atoms with Gasteiger partial charge in [-0.05, 0) is 52.0 Å². The number of carbonyl (C=O) groups is 2. The number of carboxylic acids is 1. The van der Waals surface area contributed by atoms with Gasteiger partial charge in [-0.3, -0.25) is 4.79 Å². The van der Waals surface area contributed by atoms with Crippen molar-refractivity contribution in [2.24, 2.45) is 5.41 Å². The molecule has 0 heterocycles. The molecule has 0 fully saturated rings. The van der Waals surface area contributed by atoms with E-state index in [1.54, 1.807) is 52.0 Å². The Morgan fingerprint density at radius 1 is 1.10 bits per heavy atom. The van der Waals surface area contributed by atoms with Crippen molar-refractivity contribution in [3.63, 3.8) is 0 Å². The second kappa shape index (κ2) is 5.71. The number of hydrogen-bond donors (Lipinski definition) is 3. The molecule has 2 amide bonds. The molecule has 3 N–H and O–H groups in total. The van der Waals surface area contributed by atoms with E-state index in [4.69, 9.17) is 11.6 Å². The van der Waals surface area contributed by atoms with E-state index in [9.17, 15) is 14.7 Å². The molecule has 0 aliphatic rings. The molecule has 0 aromatic heterocycles. The zero-order valence-electron chi connectivity index (χ0n) is 12.0. The Balaban J connectivity index is 2.75. The van der Waals surface area contributed by atoms with Crippen LogP contribution in [0.5, 0.6) is 0 Å². The number of benzene rings is 1. The number of aliphatic carboxylic acids is 1. The number of carboxylic acid groups (broad SMARTS) is 1. The largest absolute Gasteiger partial charge is 0.481 e. The molecule has 6 heteroatoms. The molecular weight excluding hydrogens is 280 g/mol. The Morgan fingerprint density at radius 2 is 1.60 bits per heavy atom. The molecule has 0 atom stereocenters. The molecule has 1 aromatic rings. The van der Waals surface area contributed by atoms with Crippen molar-refractivity contribution in [3.05, 3.63) is 29.3 Å². The summed E-state index contributed by atoms with van der Waals surface area (Å²) in [6.07, 6.45) is 0. The van der Waals surface area contributed by atoms with Crippen LogP contribution in [0.25, 0.3) is 0 Å². The number of carbonyl (C=O) groups excluding carboxylic acids is 1. The lowest BCUT2D eigenvalue weighted by atomic mass is 9.74. The fraction of sp³-hybridized carbons (Fsp3) is 0.429. The van der Waals surface area contributed by atoms with Crippen molar-refractivity contribution in [1.29, 1.82) is 0 Å². The monoisotopic (exact) mass is 298 g/mol. The molecule has 110 valence electrons. The first-order valence-electron chi connectivity index (χ1n) is 6.14. The Bertz CT molecular complexity index is 510. The maximum absolute atomic E-state index is 11.9. The highest BCUT2D eigenvalue weighted by molar-refractivity contribution is 6.30. The van der Waals surface area contributed by atoms with Crippen molar-refractivity contribution >= 4 is 29.3 Å². The zero-order valence-corrected chi connectivity index (χ0v) is 12.7. The third kappa shape index (κ3) is 3.63. The van der Waals surface area contributed by atoms with E-state index >= 15 is 0 Å². The maximum atomic E-state index is 11.9. The summed E-state index contributed by atoms with van der Waals surface area (Å²) < 4.78 is 0. The number of amides is 2. The smallest absolute Gasteiger partial charge is 0.319 e. The van der Waals surface area contributed by atoms with E-state index in [0.717, 1.165) is 0 Å². The number of rotatable bonds is 4. The van der Waals surface area contributed by atoms with Crippen molar-refractivity contribution in [3.8, 4) is 0 Å². The van der Waals surface area contributed by atoms with Crippen LogP contribution in [0.4, 0.5) is 10.5 Å². The summed E-state index contributed by atoms with van der Waals surface area (Å²) in [5, 5.41) is 15.1. The molecule has 0 saturated carbocycles. The Morgan fingerprint density at radius 3 is 2.05 bits per heavy atom. The highest BCUT2D eigenvalue weighted by Crippen LogP contribution is 2.30. The molecule has 1 rings (SSSR count). The normalized spacial score (nSPS) is 11.8. The van der Waals surface area contributed by atoms with E-state index in [1.807, 2.05) is 0 Å². The average molecular weight is 299 g/mol. The third-order valence-corrected chi connectivity index (χ3v) is 3.88. The Kier molecular flexibility index (Phi) is 4.65. The predicted molar refractivity (Wildman–Crippen MR) is 79.1 cm³/mol. The van der Waals surface area contributed by atoms with E-state index in [2.05, 4.69) is 10.6 Å². The summed E-state index contributed by atoms with van der Waals surface area (Å²) in [7, 11) is 0. The standard InChI is InChI=1S/C14H19ClN2O3/c1-13(2,11(18)19)14(3,4)17-12(20)16-10-7-5-9(15)6-8-10/h5-8H,1-4H3,(H,18,19)(H2,16,17,20). The minimum atomic E-state index is -1.11. The summed E-state index contributed by atoms with van der Waals surface area (Å²) in [4.78, 5) is 23.2. The summed E-state index contributed by atoms with van der Waals surface area (Å²) in [5.41, 5.74) is -1.45. The average Bonchev–Trinajstić information content (AvgIpc) is 2.31. The molecule has 0 saturated heterocycles. The first kappa shape index (κ1) is 16.3. The van der Waals surface area contributed by atoms with Crippen LogP contribution in [0.15, 0.2) is 24.3 Å². The quantitative estimate of drug-likeness (QED) is 0.797. The second-order valence-electron chi connectivity index (χ2n) is 5.64. The van der Waals surface area contributed by atoms with Gasteiger partial charge in [0, 0.05) is 10.7 Å². The number of anilines is 1. The van der Waals surface area contributed by atoms with Crippen LogP contribution in [0.1, 0.15) is 27.7 Å². The molecule has 0 bridgehead atoms. The number of halogens is 1. The molecule has 5 nitrogen and oxygen atoms in total. The number of urea groups is 1. The van der Waals surface area contributed by atoms with Crippen LogP contribution < -0.4 is 10.6 Å². The van der Waals surface area contributed by atoms with Gasteiger partial charge < -0.3 is 15.7 Å². The van der Waals surface area contributed by atoms with Gasteiger partial charge in [0.05, 0.1) is 11.0 Å². The minimum Gasteiger partial charge on any atom is -0.481 e. The van der Waals surface area contributed by atoms with Gasteiger partial charge in [0.1, 0.15) is 0 Å². The van der Waals surface area contributed by atoms with Crippen molar-refractivity contribution in [2.75, 3.05) is 5.32 Å². The zero-order chi connectivity index (χ0) is 15.6. The van der Waals surface area contributed by atoms with Crippen LogP contribution in [0.3, 0.4) is 0 Å². The summed E-state index contributed by atoms with van der Waals surface area (Å²) >= 11 is 5.76. The highest BCUT2D eigenvalue weighted by Gasteiger charge is 2.44. The molecular formula is C14H19ClN2O3. The molecule has 1 aromatic carbocycles. The SMILES string of the molecule is CC(C)(NC(=O)Nc1ccc(Cl)cc1)C(C)(C)C(=O)O. The first-order chi connectivity index (χ1) is 9.06. The second-order valence-corrected chi connectivity index (χ2v) is 6.08. The lowest BCUT2D eigenvalue weighted by molar-refractivity contribution is -0.150. The summed E-state index contributed by atoms with van der Waals surface area (Å²) in [6, 6.07) is 6.17. The molecule has 0 unspecified atom stereocenters.